The van der Waals surface area contributed by atoms with Crippen LogP contribution in [-0.4, -0.2) is 51.0 Å². The summed E-state index contributed by atoms with van der Waals surface area (Å²) in [5.74, 6) is -0.342. The lowest BCUT2D eigenvalue weighted by atomic mass is 10.1. The lowest BCUT2D eigenvalue weighted by Gasteiger charge is -2.22. The van der Waals surface area contributed by atoms with E-state index in [-0.39, 0.29) is 30.0 Å². The molecule has 2 aromatic rings. The number of nitrogens with zero attached hydrogens (tertiary/aromatic N) is 1. The van der Waals surface area contributed by atoms with Crippen molar-refractivity contribution < 1.29 is 17.9 Å². The van der Waals surface area contributed by atoms with Crippen LogP contribution in [0, 0.1) is 0 Å². The first kappa shape index (κ1) is 21.8. The first-order valence-electron chi connectivity index (χ1n) is 9.63. The Hall–Kier alpha value is -1.93. The van der Waals surface area contributed by atoms with Gasteiger partial charge in [0.05, 0.1) is 17.5 Å². The van der Waals surface area contributed by atoms with Crippen LogP contribution < -0.4 is 5.32 Å². The highest BCUT2D eigenvalue weighted by Gasteiger charge is 2.27. The Bertz CT molecular complexity index is 898. The maximum atomic E-state index is 13.1. The summed E-state index contributed by atoms with van der Waals surface area (Å²) in [5.41, 5.74) is 1.00. The molecule has 3 rings (SSSR count). The van der Waals surface area contributed by atoms with Gasteiger partial charge in [0.25, 0.3) is 0 Å². The number of ether oxygens (including phenoxy) is 1. The van der Waals surface area contributed by atoms with Crippen molar-refractivity contribution in [1.82, 2.24) is 9.62 Å². The zero-order valence-corrected chi connectivity index (χ0v) is 17.7. The van der Waals surface area contributed by atoms with Crippen LogP contribution in [0.25, 0.3) is 0 Å². The van der Waals surface area contributed by atoms with Crippen LogP contribution in [-0.2, 0) is 26.0 Å². The van der Waals surface area contributed by atoms with E-state index in [2.05, 4.69) is 5.32 Å². The summed E-state index contributed by atoms with van der Waals surface area (Å²) in [7, 11) is -3.84. The van der Waals surface area contributed by atoms with Crippen molar-refractivity contribution in [3.05, 3.63) is 65.2 Å². The van der Waals surface area contributed by atoms with Gasteiger partial charge in [-0.25, -0.2) is 8.42 Å². The normalized spacial score (nSPS) is 16.8. The van der Waals surface area contributed by atoms with E-state index in [1.165, 1.54) is 28.6 Å². The third kappa shape index (κ3) is 6.27. The molecule has 29 heavy (non-hydrogen) atoms. The Kier molecular flexibility index (Phi) is 7.66. The minimum absolute atomic E-state index is 0.00425. The third-order valence-electron chi connectivity index (χ3n) is 4.81. The number of benzene rings is 2. The summed E-state index contributed by atoms with van der Waals surface area (Å²) >= 11 is 5.89. The SMILES string of the molecule is O=C(CN(CCc1ccccc1)S(=O)(=O)c1ccc(Cl)cc1)NC[C@@H]1CCCO1. The molecule has 1 aliphatic heterocycles. The Morgan fingerprint density at radius 1 is 1.14 bits per heavy atom. The smallest absolute Gasteiger partial charge is 0.243 e. The van der Waals surface area contributed by atoms with Gasteiger partial charge in [0, 0.05) is 24.7 Å². The lowest BCUT2D eigenvalue weighted by Crippen LogP contribution is -2.43. The highest BCUT2D eigenvalue weighted by Crippen LogP contribution is 2.19. The minimum Gasteiger partial charge on any atom is -0.376 e. The highest BCUT2D eigenvalue weighted by molar-refractivity contribution is 7.89. The van der Waals surface area contributed by atoms with Crippen molar-refractivity contribution in [3.8, 4) is 0 Å². The third-order valence-corrected chi connectivity index (χ3v) is 6.93. The summed E-state index contributed by atoms with van der Waals surface area (Å²) in [6, 6.07) is 15.6. The molecule has 1 heterocycles. The second-order valence-electron chi connectivity index (χ2n) is 6.97. The Morgan fingerprint density at radius 2 is 1.86 bits per heavy atom. The van der Waals surface area contributed by atoms with Gasteiger partial charge >= 0.3 is 0 Å². The fourth-order valence-corrected chi connectivity index (χ4v) is 4.71. The van der Waals surface area contributed by atoms with E-state index in [4.69, 9.17) is 16.3 Å². The average Bonchev–Trinajstić information content (AvgIpc) is 3.24. The maximum absolute atomic E-state index is 13.1. The van der Waals surface area contributed by atoms with Gasteiger partial charge in [-0.2, -0.15) is 4.31 Å². The number of sulfonamides is 1. The molecule has 0 spiro atoms. The van der Waals surface area contributed by atoms with Crippen molar-refractivity contribution in [2.24, 2.45) is 0 Å². The number of hydrogen-bond donors (Lipinski definition) is 1. The first-order valence-corrected chi connectivity index (χ1v) is 11.4. The van der Waals surface area contributed by atoms with E-state index in [1.54, 1.807) is 0 Å². The molecular weight excluding hydrogens is 412 g/mol. The fraction of sp³-hybridized carbons (Fsp3) is 0.381. The molecule has 1 amide bonds. The summed E-state index contributed by atoms with van der Waals surface area (Å²) in [6.07, 6.45) is 2.40. The quantitative estimate of drug-likeness (QED) is 0.655. The monoisotopic (exact) mass is 436 g/mol. The zero-order chi connectivity index (χ0) is 20.7. The van der Waals surface area contributed by atoms with Crippen LogP contribution >= 0.6 is 11.6 Å². The molecule has 1 atom stereocenters. The van der Waals surface area contributed by atoms with Gasteiger partial charge in [-0.15, -0.1) is 0 Å². The molecule has 0 bridgehead atoms. The lowest BCUT2D eigenvalue weighted by molar-refractivity contribution is -0.121. The number of rotatable bonds is 9. The number of nitrogens with one attached hydrogen (secondary N) is 1. The zero-order valence-electron chi connectivity index (χ0n) is 16.1. The number of hydrogen-bond acceptors (Lipinski definition) is 4. The van der Waals surface area contributed by atoms with Crippen LogP contribution in [0.15, 0.2) is 59.5 Å². The van der Waals surface area contributed by atoms with Crippen molar-refractivity contribution in [3.63, 3.8) is 0 Å². The van der Waals surface area contributed by atoms with E-state index in [0.29, 0.717) is 24.6 Å². The van der Waals surface area contributed by atoms with E-state index < -0.39 is 10.0 Å². The second kappa shape index (κ2) is 10.2. The molecule has 8 heteroatoms. The van der Waals surface area contributed by atoms with Crippen molar-refractivity contribution in [1.29, 1.82) is 0 Å². The topological polar surface area (TPSA) is 75.7 Å². The molecule has 0 radical (unpaired) electrons. The van der Waals surface area contributed by atoms with Gasteiger partial charge in [-0.1, -0.05) is 41.9 Å². The average molecular weight is 437 g/mol. The van der Waals surface area contributed by atoms with Gasteiger partial charge in [0.15, 0.2) is 0 Å². The molecule has 0 saturated carbocycles. The summed E-state index contributed by atoms with van der Waals surface area (Å²) in [6.45, 7) is 1.05. The summed E-state index contributed by atoms with van der Waals surface area (Å²) in [4.78, 5) is 12.6. The first-order chi connectivity index (χ1) is 13.9. The molecule has 0 aliphatic carbocycles. The van der Waals surface area contributed by atoms with Crippen LogP contribution in [0.4, 0.5) is 0 Å². The molecule has 1 fully saturated rings. The number of halogens is 1. The molecule has 1 aliphatic rings. The van der Waals surface area contributed by atoms with Crippen molar-refractivity contribution >= 4 is 27.5 Å². The fourth-order valence-electron chi connectivity index (χ4n) is 3.19. The van der Waals surface area contributed by atoms with Crippen LogP contribution in [0.3, 0.4) is 0 Å². The molecule has 6 nitrogen and oxygen atoms in total. The van der Waals surface area contributed by atoms with Gasteiger partial charge in [0.1, 0.15) is 0 Å². The summed E-state index contributed by atoms with van der Waals surface area (Å²) in [5, 5.41) is 3.25. The highest BCUT2D eigenvalue weighted by atomic mass is 35.5. The molecule has 0 aromatic heterocycles. The largest absolute Gasteiger partial charge is 0.376 e. The molecule has 1 saturated heterocycles. The molecule has 156 valence electrons. The molecule has 2 aromatic carbocycles. The number of amides is 1. The second-order valence-corrected chi connectivity index (χ2v) is 9.34. The Labute approximate surface area is 176 Å². The van der Waals surface area contributed by atoms with E-state index in [1.807, 2.05) is 30.3 Å². The molecule has 1 N–H and O–H groups in total. The van der Waals surface area contributed by atoms with Crippen LogP contribution in [0.1, 0.15) is 18.4 Å². The van der Waals surface area contributed by atoms with Crippen LogP contribution in [0.2, 0.25) is 5.02 Å². The molecular formula is C21H25ClN2O4S. The molecule has 0 unspecified atom stereocenters. The maximum Gasteiger partial charge on any atom is 0.243 e. The minimum atomic E-state index is -3.84. The van der Waals surface area contributed by atoms with Crippen LogP contribution in [0.5, 0.6) is 0 Å². The van der Waals surface area contributed by atoms with Crippen molar-refractivity contribution in [2.45, 2.75) is 30.3 Å². The standard InChI is InChI=1S/C21H25ClN2O4S/c22-18-8-10-20(11-9-18)29(26,27)24(13-12-17-5-2-1-3-6-17)16-21(25)23-15-19-7-4-14-28-19/h1-3,5-6,8-11,19H,4,7,12-16H2,(H,23,25)/t19-/m0/s1. The van der Waals surface area contributed by atoms with Gasteiger partial charge in [0.2, 0.25) is 15.9 Å². The van der Waals surface area contributed by atoms with E-state index in [9.17, 15) is 13.2 Å². The predicted molar refractivity (Wildman–Crippen MR) is 112 cm³/mol. The summed E-state index contributed by atoms with van der Waals surface area (Å²) < 4.78 is 33.0. The van der Waals surface area contributed by atoms with Crippen molar-refractivity contribution in [2.75, 3.05) is 26.2 Å². The van der Waals surface area contributed by atoms with Gasteiger partial charge < -0.3 is 10.1 Å². The van der Waals surface area contributed by atoms with E-state index >= 15 is 0 Å². The Morgan fingerprint density at radius 3 is 2.52 bits per heavy atom. The van der Waals surface area contributed by atoms with Gasteiger partial charge in [-0.3, -0.25) is 4.79 Å². The van der Waals surface area contributed by atoms with Gasteiger partial charge in [-0.05, 0) is 49.1 Å². The van der Waals surface area contributed by atoms with E-state index in [0.717, 1.165) is 18.4 Å². The number of carbonyl (C=O) groups is 1. The Balaban J connectivity index is 1.71. The number of carbonyl (C=O) groups excluding carboxylic acids is 1. The predicted octanol–water partition coefficient (Wildman–Crippen LogP) is 2.87.